The van der Waals surface area contributed by atoms with Crippen molar-refractivity contribution in [2.24, 2.45) is 0 Å². The number of halogens is 3. The first-order chi connectivity index (χ1) is 21.5. The SMILES string of the molecule is CCCC(F)C(F)(F)Oc1ccc(C(=O)Oc2ccc(/C=C/C(=O)OCCCCCOC(=O)c3cc(N)cc(N)c3)cc2)cc1. The number of ether oxygens (including phenoxy) is 4. The molecule has 12 heteroatoms. The first kappa shape index (κ1) is 34.5. The van der Waals surface area contributed by atoms with Gasteiger partial charge in [-0.1, -0.05) is 25.5 Å². The Kier molecular flexibility index (Phi) is 12.8. The molecule has 0 aromatic heterocycles. The van der Waals surface area contributed by atoms with E-state index in [0.29, 0.717) is 36.2 Å². The first-order valence-corrected chi connectivity index (χ1v) is 14.3. The molecule has 0 aliphatic carbocycles. The van der Waals surface area contributed by atoms with E-state index >= 15 is 0 Å². The van der Waals surface area contributed by atoms with Crippen LogP contribution in [-0.2, 0) is 14.3 Å². The van der Waals surface area contributed by atoms with Gasteiger partial charge in [0.1, 0.15) is 11.5 Å². The van der Waals surface area contributed by atoms with Crippen molar-refractivity contribution in [2.75, 3.05) is 24.7 Å². The summed E-state index contributed by atoms with van der Waals surface area (Å²) in [6.45, 7) is 1.99. The van der Waals surface area contributed by atoms with Gasteiger partial charge in [-0.2, -0.15) is 8.78 Å². The molecule has 0 heterocycles. The van der Waals surface area contributed by atoms with Crippen LogP contribution in [0.4, 0.5) is 24.5 Å². The van der Waals surface area contributed by atoms with Crippen molar-refractivity contribution in [3.63, 3.8) is 0 Å². The van der Waals surface area contributed by atoms with Gasteiger partial charge in [-0.05, 0) is 91.9 Å². The van der Waals surface area contributed by atoms with Crippen LogP contribution in [0.5, 0.6) is 11.5 Å². The van der Waals surface area contributed by atoms with Crippen LogP contribution in [0, 0.1) is 0 Å². The third-order valence-electron chi connectivity index (χ3n) is 6.23. The maximum absolute atomic E-state index is 13.8. The highest BCUT2D eigenvalue weighted by Gasteiger charge is 2.42. The molecule has 0 fully saturated rings. The van der Waals surface area contributed by atoms with Gasteiger partial charge in [0.25, 0.3) is 0 Å². The monoisotopic (exact) mass is 628 g/mol. The molecule has 0 saturated carbocycles. The topological polar surface area (TPSA) is 140 Å². The zero-order chi connectivity index (χ0) is 32.8. The number of carbonyl (C=O) groups excluding carboxylic acids is 3. The fourth-order valence-corrected chi connectivity index (χ4v) is 3.92. The van der Waals surface area contributed by atoms with Crippen LogP contribution in [0.2, 0.25) is 0 Å². The second-order valence-electron chi connectivity index (χ2n) is 9.99. The minimum absolute atomic E-state index is 0.0761. The zero-order valence-corrected chi connectivity index (χ0v) is 24.7. The number of hydrogen-bond donors (Lipinski definition) is 2. The molecule has 4 N–H and O–H groups in total. The second kappa shape index (κ2) is 16.7. The summed E-state index contributed by atoms with van der Waals surface area (Å²) in [5, 5.41) is 0. The molecule has 0 amide bonds. The van der Waals surface area contributed by atoms with Crippen LogP contribution in [0.1, 0.15) is 65.3 Å². The Morgan fingerprint density at radius 2 is 1.40 bits per heavy atom. The number of nitrogen functional groups attached to an aromatic ring is 2. The maximum atomic E-state index is 13.8. The summed E-state index contributed by atoms with van der Waals surface area (Å²) >= 11 is 0. The van der Waals surface area contributed by atoms with Crippen LogP contribution >= 0.6 is 0 Å². The molecule has 0 bridgehead atoms. The fraction of sp³-hybridized carbons (Fsp3) is 0.303. The van der Waals surface area contributed by atoms with Crippen LogP contribution in [0.15, 0.2) is 72.8 Å². The number of benzene rings is 3. The highest BCUT2D eigenvalue weighted by Crippen LogP contribution is 2.29. The lowest BCUT2D eigenvalue weighted by molar-refractivity contribution is -0.221. The smallest absolute Gasteiger partial charge is 0.429 e. The van der Waals surface area contributed by atoms with E-state index in [1.165, 1.54) is 48.6 Å². The predicted molar refractivity (Wildman–Crippen MR) is 163 cm³/mol. The first-order valence-electron chi connectivity index (χ1n) is 14.3. The van der Waals surface area contributed by atoms with Crippen LogP contribution < -0.4 is 20.9 Å². The van der Waals surface area contributed by atoms with Crippen LogP contribution in [-0.4, -0.2) is 43.4 Å². The minimum atomic E-state index is -3.99. The van der Waals surface area contributed by atoms with E-state index in [9.17, 15) is 27.6 Å². The van der Waals surface area contributed by atoms with E-state index in [1.54, 1.807) is 25.1 Å². The van der Waals surface area contributed by atoms with Crippen molar-refractivity contribution in [3.8, 4) is 11.5 Å². The number of nitrogens with two attached hydrogens (primary N) is 2. The second-order valence-corrected chi connectivity index (χ2v) is 9.99. The molecule has 1 unspecified atom stereocenters. The highest BCUT2D eigenvalue weighted by molar-refractivity contribution is 5.92. The Labute approximate surface area is 258 Å². The number of alkyl halides is 3. The molecule has 240 valence electrons. The Morgan fingerprint density at radius 1 is 0.800 bits per heavy atom. The summed E-state index contributed by atoms with van der Waals surface area (Å²) in [7, 11) is 0. The minimum Gasteiger partial charge on any atom is -0.463 e. The molecule has 0 spiro atoms. The molecule has 3 aromatic carbocycles. The molecule has 45 heavy (non-hydrogen) atoms. The zero-order valence-electron chi connectivity index (χ0n) is 24.7. The summed E-state index contributed by atoms with van der Waals surface area (Å²) in [6, 6.07) is 15.5. The van der Waals surface area contributed by atoms with E-state index < -0.39 is 30.2 Å². The van der Waals surface area contributed by atoms with Crippen molar-refractivity contribution in [3.05, 3.63) is 89.5 Å². The van der Waals surface area contributed by atoms with Gasteiger partial charge in [0.15, 0.2) is 0 Å². The van der Waals surface area contributed by atoms with E-state index in [2.05, 4.69) is 4.74 Å². The lowest BCUT2D eigenvalue weighted by Gasteiger charge is -2.21. The molecule has 3 aromatic rings. The quantitative estimate of drug-likeness (QED) is 0.0579. The largest absolute Gasteiger partial charge is 0.463 e. The molecule has 0 aliphatic rings. The predicted octanol–water partition coefficient (Wildman–Crippen LogP) is 6.76. The molecular formula is C33H35F3N2O7. The van der Waals surface area contributed by atoms with Crippen molar-refractivity contribution in [1.29, 1.82) is 0 Å². The van der Waals surface area contributed by atoms with Gasteiger partial charge in [-0.15, -0.1) is 0 Å². The molecule has 0 saturated heterocycles. The fourth-order valence-electron chi connectivity index (χ4n) is 3.92. The third-order valence-corrected chi connectivity index (χ3v) is 6.23. The Balaban J connectivity index is 1.34. The number of carbonyl (C=O) groups is 3. The summed E-state index contributed by atoms with van der Waals surface area (Å²) in [5.41, 5.74) is 13.1. The maximum Gasteiger partial charge on any atom is 0.429 e. The van der Waals surface area contributed by atoms with E-state index in [4.69, 9.17) is 25.7 Å². The number of esters is 3. The molecule has 1 atom stereocenters. The number of rotatable bonds is 16. The normalized spacial score (nSPS) is 12.0. The van der Waals surface area contributed by atoms with Crippen molar-refractivity contribution in [2.45, 2.75) is 51.3 Å². The number of hydrogen-bond acceptors (Lipinski definition) is 9. The average molecular weight is 629 g/mol. The Bertz CT molecular complexity index is 1440. The van der Waals surface area contributed by atoms with Gasteiger partial charge in [0, 0.05) is 17.5 Å². The van der Waals surface area contributed by atoms with E-state index in [1.807, 2.05) is 0 Å². The highest BCUT2D eigenvalue weighted by atomic mass is 19.3. The summed E-state index contributed by atoms with van der Waals surface area (Å²) in [4.78, 5) is 36.5. The van der Waals surface area contributed by atoms with Crippen molar-refractivity contribution < 1.29 is 46.5 Å². The third kappa shape index (κ3) is 11.5. The summed E-state index contributed by atoms with van der Waals surface area (Å²) in [6.07, 6.45) is -1.88. The number of unbranched alkanes of at least 4 members (excludes halogenated alkanes) is 2. The van der Waals surface area contributed by atoms with E-state index in [-0.39, 0.29) is 48.7 Å². The lowest BCUT2D eigenvalue weighted by atomic mass is 10.2. The molecule has 0 radical (unpaired) electrons. The van der Waals surface area contributed by atoms with Gasteiger partial charge < -0.3 is 30.4 Å². The lowest BCUT2D eigenvalue weighted by Crippen LogP contribution is -2.36. The Hall–Kier alpha value is -5.00. The molecule has 9 nitrogen and oxygen atoms in total. The standard InChI is InChI=1S/C33H35F3N2O7/c1-2-6-29(34)33(35,36)45-28-14-10-23(11-15-28)32(41)44-27-12-7-22(8-13-27)9-16-30(39)42-17-4-3-5-18-43-31(40)24-19-25(37)21-26(38)20-24/h7-16,19-21,29H,2-6,17-18,37-38H2,1H3/b16-9+. The van der Waals surface area contributed by atoms with E-state index in [0.717, 1.165) is 12.1 Å². The van der Waals surface area contributed by atoms with Gasteiger partial charge in [-0.25, -0.2) is 18.8 Å². The number of anilines is 2. The summed E-state index contributed by atoms with van der Waals surface area (Å²) < 4.78 is 61.4. The summed E-state index contributed by atoms with van der Waals surface area (Å²) in [5.74, 6) is -1.85. The molecule has 0 aliphatic heterocycles. The molecular weight excluding hydrogens is 593 g/mol. The molecule has 3 rings (SSSR count). The van der Waals surface area contributed by atoms with Crippen LogP contribution in [0.3, 0.4) is 0 Å². The van der Waals surface area contributed by atoms with Crippen LogP contribution in [0.25, 0.3) is 6.08 Å². The van der Waals surface area contributed by atoms with Gasteiger partial charge in [0.2, 0.25) is 6.17 Å². The van der Waals surface area contributed by atoms with Crippen molar-refractivity contribution >= 4 is 35.4 Å². The van der Waals surface area contributed by atoms with Gasteiger partial charge in [-0.3, -0.25) is 0 Å². The Morgan fingerprint density at radius 3 is 2.02 bits per heavy atom. The van der Waals surface area contributed by atoms with Gasteiger partial charge >= 0.3 is 24.0 Å². The average Bonchev–Trinajstić information content (AvgIpc) is 3.00. The van der Waals surface area contributed by atoms with Crippen molar-refractivity contribution in [1.82, 2.24) is 0 Å². The van der Waals surface area contributed by atoms with Gasteiger partial charge in [0.05, 0.1) is 24.3 Å².